The first-order valence-electron chi connectivity index (χ1n) is 12.9. The van der Waals surface area contributed by atoms with Gasteiger partial charge in [0.05, 0.1) is 0 Å². The van der Waals surface area contributed by atoms with Gasteiger partial charge in [0.15, 0.2) is 0 Å². The lowest BCUT2D eigenvalue weighted by Gasteiger charge is -2.38. The molecule has 3 saturated carbocycles. The van der Waals surface area contributed by atoms with Gasteiger partial charge in [-0.2, -0.15) is 0 Å². The lowest BCUT2D eigenvalue weighted by atomic mass is 9.65. The Bertz CT molecular complexity index is 614. The molecule has 3 aliphatic carbocycles. The van der Waals surface area contributed by atoms with Crippen molar-refractivity contribution in [2.45, 2.75) is 116 Å². The Morgan fingerprint density at radius 1 is 0.774 bits per heavy atom. The zero-order valence-electron chi connectivity index (χ0n) is 19.5. The molecule has 3 rings (SSSR count). The Balaban J connectivity index is 1.86. The van der Waals surface area contributed by atoms with Crippen molar-refractivity contribution in [3.8, 4) is 0 Å². The van der Waals surface area contributed by atoms with Gasteiger partial charge in [0.2, 0.25) is 5.91 Å². The molecule has 3 aliphatic rings. The highest BCUT2D eigenvalue weighted by atomic mass is 19.1. The topological polar surface area (TPSA) is 63.2 Å². The molecule has 3 fully saturated rings. The maximum absolute atomic E-state index is 13.8. The summed E-state index contributed by atoms with van der Waals surface area (Å²) in [6, 6.07) is 0.118. The number of halogens is 1. The first kappa shape index (κ1) is 24.4. The molecule has 0 spiro atoms. The lowest BCUT2D eigenvalue weighted by Crippen LogP contribution is -2.51. The Labute approximate surface area is 187 Å². The van der Waals surface area contributed by atoms with E-state index < -0.39 is 18.0 Å². The largest absolute Gasteiger partial charge is 0.353 e. The van der Waals surface area contributed by atoms with Crippen LogP contribution in [0, 0.1) is 29.6 Å². The van der Waals surface area contributed by atoms with Gasteiger partial charge in [0.25, 0.3) is 0 Å². The van der Waals surface area contributed by atoms with Gasteiger partial charge in [-0.05, 0) is 57.3 Å². The second-order valence-electron chi connectivity index (χ2n) is 10.7. The number of amides is 1. The first-order chi connectivity index (χ1) is 14.9. The zero-order valence-corrected chi connectivity index (χ0v) is 19.5. The van der Waals surface area contributed by atoms with Crippen molar-refractivity contribution in [1.29, 1.82) is 0 Å². The van der Waals surface area contributed by atoms with Crippen LogP contribution in [0.4, 0.5) is 4.39 Å². The monoisotopic (exact) mass is 435 g/mol. The van der Waals surface area contributed by atoms with E-state index in [0.717, 1.165) is 57.8 Å². The van der Waals surface area contributed by atoms with E-state index in [0.29, 0.717) is 25.7 Å². The number of hydrogen-bond acceptors (Lipinski definition) is 3. The summed E-state index contributed by atoms with van der Waals surface area (Å²) in [6.07, 6.45) is 11.5. The number of rotatable bonds is 8. The van der Waals surface area contributed by atoms with Crippen LogP contribution in [0.15, 0.2) is 0 Å². The van der Waals surface area contributed by atoms with Crippen LogP contribution >= 0.6 is 0 Å². The summed E-state index contributed by atoms with van der Waals surface area (Å²) in [4.78, 5) is 40.7. The smallest absolute Gasteiger partial charge is 0.231 e. The summed E-state index contributed by atoms with van der Waals surface area (Å²) >= 11 is 0. The Morgan fingerprint density at radius 2 is 1.32 bits per heavy atom. The summed E-state index contributed by atoms with van der Waals surface area (Å²) < 4.78 is 13.7. The van der Waals surface area contributed by atoms with Gasteiger partial charge in [-0.1, -0.05) is 52.4 Å². The van der Waals surface area contributed by atoms with E-state index >= 15 is 0 Å². The van der Waals surface area contributed by atoms with Crippen molar-refractivity contribution >= 4 is 17.5 Å². The molecule has 0 saturated heterocycles. The molecule has 0 aromatic heterocycles. The van der Waals surface area contributed by atoms with Crippen molar-refractivity contribution < 1.29 is 18.8 Å². The third-order valence-electron chi connectivity index (χ3n) is 8.01. The minimum atomic E-state index is -0.888. The predicted octanol–water partition coefficient (Wildman–Crippen LogP) is 5.57. The van der Waals surface area contributed by atoms with Gasteiger partial charge in [0.1, 0.15) is 23.7 Å². The molecule has 31 heavy (non-hydrogen) atoms. The molecule has 0 heterocycles. The van der Waals surface area contributed by atoms with Crippen LogP contribution in [0.3, 0.4) is 0 Å². The third-order valence-corrected chi connectivity index (χ3v) is 8.01. The van der Waals surface area contributed by atoms with Crippen molar-refractivity contribution in [3.05, 3.63) is 0 Å². The Morgan fingerprint density at radius 3 is 1.87 bits per heavy atom. The van der Waals surface area contributed by atoms with Gasteiger partial charge in [-0.25, -0.2) is 4.39 Å². The summed E-state index contributed by atoms with van der Waals surface area (Å²) in [7, 11) is 0. The van der Waals surface area contributed by atoms with Gasteiger partial charge >= 0.3 is 0 Å². The van der Waals surface area contributed by atoms with Crippen molar-refractivity contribution in [1.82, 2.24) is 5.32 Å². The molecule has 5 heteroatoms. The van der Waals surface area contributed by atoms with Crippen molar-refractivity contribution in [2.24, 2.45) is 29.6 Å². The number of hydrogen-bond donors (Lipinski definition) is 1. The molecule has 4 nitrogen and oxygen atoms in total. The van der Waals surface area contributed by atoms with Crippen LogP contribution in [0.1, 0.15) is 104 Å². The van der Waals surface area contributed by atoms with E-state index in [1.54, 1.807) is 0 Å². The minimum Gasteiger partial charge on any atom is -0.353 e. The zero-order chi connectivity index (χ0) is 22.4. The fraction of sp³-hybridized carbons (Fsp3) is 0.885. The van der Waals surface area contributed by atoms with E-state index in [2.05, 4.69) is 5.32 Å². The van der Waals surface area contributed by atoms with Gasteiger partial charge < -0.3 is 5.32 Å². The number of alkyl halides is 1. The van der Waals surface area contributed by atoms with Gasteiger partial charge in [-0.15, -0.1) is 0 Å². The lowest BCUT2D eigenvalue weighted by molar-refractivity contribution is -0.147. The van der Waals surface area contributed by atoms with E-state index in [4.69, 9.17) is 0 Å². The number of carbonyl (C=O) groups is 3. The van der Waals surface area contributed by atoms with Crippen LogP contribution in [0.5, 0.6) is 0 Å². The van der Waals surface area contributed by atoms with Crippen LogP contribution in [-0.2, 0) is 14.4 Å². The summed E-state index contributed by atoms with van der Waals surface area (Å²) in [5.74, 6) is -2.09. The Kier molecular flexibility index (Phi) is 9.09. The molecular weight excluding hydrogens is 393 g/mol. The SMILES string of the molecule is CC(C)C(=O)C(C(=O)NC1CCCCC1)C(C(=O)C1CCC(F)CC1)C1CCCCC1. The summed E-state index contributed by atoms with van der Waals surface area (Å²) in [6.45, 7) is 3.67. The second-order valence-corrected chi connectivity index (χ2v) is 10.7. The highest BCUT2D eigenvalue weighted by molar-refractivity contribution is 6.06. The summed E-state index contributed by atoms with van der Waals surface area (Å²) in [5.41, 5.74) is 0. The Hall–Kier alpha value is -1.26. The molecular formula is C26H42FNO3. The average molecular weight is 436 g/mol. The fourth-order valence-electron chi connectivity index (χ4n) is 6.14. The molecule has 0 bridgehead atoms. The van der Waals surface area contributed by atoms with Crippen LogP contribution < -0.4 is 5.32 Å². The predicted molar refractivity (Wildman–Crippen MR) is 120 cm³/mol. The van der Waals surface area contributed by atoms with Crippen molar-refractivity contribution in [2.75, 3.05) is 0 Å². The third kappa shape index (κ3) is 6.38. The number of Topliss-reactive ketones (excluding diaryl/α,β-unsaturated/α-hetero) is 2. The first-order valence-corrected chi connectivity index (χ1v) is 12.9. The fourth-order valence-corrected chi connectivity index (χ4v) is 6.14. The second kappa shape index (κ2) is 11.6. The van der Waals surface area contributed by atoms with Crippen LogP contribution in [0.25, 0.3) is 0 Å². The highest BCUT2D eigenvalue weighted by Gasteiger charge is 2.46. The van der Waals surface area contributed by atoms with E-state index in [1.807, 2.05) is 13.8 Å². The molecule has 1 amide bonds. The van der Waals surface area contributed by atoms with E-state index in [9.17, 15) is 18.8 Å². The van der Waals surface area contributed by atoms with Gasteiger partial charge in [0, 0.05) is 23.8 Å². The quantitative estimate of drug-likeness (QED) is 0.507. The molecule has 0 radical (unpaired) electrons. The van der Waals surface area contributed by atoms with E-state index in [-0.39, 0.29) is 41.3 Å². The average Bonchev–Trinajstić information content (AvgIpc) is 2.78. The molecule has 176 valence electrons. The maximum atomic E-state index is 13.8. The minimum absolute atomic E-state index is 0.0663. The molecule has 0 aromatic rings. The molecule has 0 aliphatic heterocycles. The summed E-state index contributed by atoms with van der Waals surface area (Å²) in [5, 5.41) is 3.17. The number of nitrogens with one attached hydrogen (secondary N) is 1. The highest BCUT2D eigenvalue weighted by Crippen LogP contribution is 2.40. The number of ketones is 2. The molecule has 0 aromatic carbocycles. The van der Waals surface area contributed by atoms with E-state index in [1.165, 1.54) is 6.42 Å². The van der Waals surface area contributed by atoms with Crippen molar-refractivity contribution in [3.63, 3.8) is 0 Å². The van der Waals surface area contributed by atoms with Crippen LogP contribution in [-0.4, -0.2) is 29.7 Å². The van der Waals surface area contributed by atoms with Crippen LogP contribution in [0.2, 0.25) is 0 Å². The maximum Gasteiger partial charge on any atom is 0.231 e. The standard InChI is InChI=1S/C26H42FNO3/c1-17(2)24(29)23(26(31)28-21-11-7-4-8-12-21)22(18-9-5-3-6-10-18)25(30)19-13-15-20(27)16-14-19/h17-23H,3-16H2,1-2H3,(H,28,31). The molecule has 2 atom stereocenters. The number of carbonyl (C=O) groups excluding carboxylic acids is 3. The molecule has 2 unspecified atom stereocenters. The molecule has 1 N–H and O–H groups in total. The van der Waals surface area contributed by atoms with Gasteiger partial charge in [-0.3, -0.25) is 14.4 Å². The normalized spacial score (nSPS) is 28.1.